The summed E-state index contributed by atoms with van der Waals surface area (Å²) >= 11 is 0. The molecule has 0 saturated heterocycles. The summed E-state index contributed by atoms with van der Waals surface area (Å²) in [6.45, 7) is 4.34. The van der Waals surface area contributed by atoms with Gasteiger partial charge in [0.05, 0.1) is 17.4 Å². The van der Waals surface area contributed by atoms with Crippen molar-refractivity contribution >= 4 is 11.7 Å². The molecule has 0 amide bonds. The molecule has 0 aromatic heterocycles. The third-order valence-corrected chi connectivity index (χ3v) is 2.88. The highest BCUT2D eigenvalue weighted by Gasteiger charge is 2.15. The van der Waals surface area contributed by atoms with Gasteiger partial charge in [0, 0.05) is 25.2 Å². The van der Waals surface area contributed by atoms with Gasteiger partial charge in [-0.3, -0.25) is 19.8 Å². The van der Waals surface area contributed by atoms with E-state index >= 15 is 0 Å². The Morgan fingerprint density at radius 3 is 2.60 bits per heavy atom. The van der Waals surface area contributed by atoms with Crippen LogP contribution in [0, 0.1) is 15.9 Å². The summed E-state index contributed by atoms with van der Waals surface area (Å²) < 4.78 is 13.3. The Bertz CT molecular complexity index is 505. The molecule has 7 heteroatoms. The highest BCUT2D eigenvalue weighted by molar-refractivity contribution is 5.66. The number of nitrogens with zero attached hydrogens (tertiary/aromatic N) is 2. The van der Waals surface area contributed by atoms with Gasteiger partial charge in [0.2, 0.25) is 0 Å². The molecule has 20 heavy (non-hydrogen) atoms. The van der Waals surface area contributed by atoms with E-state index in [4.69, 9.17) is 5.11 Å². The maximum absolute atomic E-state index is 13.3. The van der Waals surface area contributed by atoms with Crippen molar-refractivity contribution in [3.8, 4) is 0 Å². The molecule has 0 aliphatic heterocycles. The maximum atomic E-state index is 13.3. The van der Waals surface area contributed by atoms with Crippen LogP contribution >= 0.6 is 0 Å². The van der Waals surface area contributed by atoms with Crippen LogP contribution in [0.4, 0.5) is 10.1 Å². The lowest BCUT2D eigenvalue weighted by Gasteiger charge is -2.25. The van der Waals surface area contributed by atoms with Crippen LogP contribution in [-0.4, -0.2) is 33.5 Å². The van der Waals surface area contributed by atoms with E-state index in [-0.39, 0.29) is 24.7 Å². The predicted molar refractivity (Wildman–Crippen MR) is 70.9 cm³/mol. The van der Waals surface area contributed by atoms with Crippen LogP contribution in [0.15, 0.2) is 18.2 Å². The number of nitro benzene ring substituents is 1. The molecule has 0 atom stereocenters. The van der Waals surface area contributed by atoms with Crippen molar-refractivity contribution in [3.05, 3.63) is 39.7 Å². The Hall–Kier alpha value is -2.02. The van der Waals surface area contributed by atoms with Gasteiger partial charge in [0.25, 0.3) is 5.69 Å². The highest BCUT2D eigenvalue weighted by Crippen LogP contribution is 2.18. The lowest BCUT2D eigenvalue weighted by molar-refractivity contribution is -0.385. The second kappa shape index (κ2) is 6.95. The lowest BCUT2D eigenvalue weighted by Crippen LogP contribution is -2.32. The lowest BCUT2D eigenvalue weighted by atomic mass is 10.1. The molecule has 110 valence electrons. The number of rotatable bonds is 7. The molecular weight excluding hydrogens is 267 g/mol. The zero-order valence-electron chi connectivity index (χ0n) is 11.4. The second-order valence-electron chi connectivity index (χ2n) is 4.78. The summed E-state index contributed by atoms with van der Waals surface area (Å²) in [6.07, 6.45) is -0.0322. The second-order valence-corrected chi connectivity index (χ2v) is 4.78. The standard InChI is InChI=1S/C13H17FN2O4/c1-9(2)15(4-3-13(17)18)8-10-5-11(14)7-12(6-10)16(19)20/h5-7,9H,3-4,8H2,1-2H3,(H,17,18). The van der Waals surface area contributed by atoms with E-state index in [9.17, 15) is 19.3 Å². The van der Waals surface area contributed by atoms with Crippen LogP contribution in [0.25, 0.3) is 0 Å². The number of halogens is 1. The van der Waals surface area contributed by atoms with Gasteiger partial charge in [-0.25, -0.2) is 4.39 Å². The van der Waals surface area contributed by atoms with Gasteiger partial charge in [-0.05, 0) is 25.5 Å². The van der Waals surface area contributed by atoms with E-state index < -0.39 is 16.7 Å². The minimum atomic E-state index is -0.916. The van der Waals surface area contributed by atoms with E-state index in [1.165, 1.54) is 12.1 Å². The fourth-order valence-electron chi connectivity index (χ4n) is 1.82. The monoisotopic (exact) mass is 284 g/mol. The summed E-state index contributed by atoms with van der Waals surface area (Å²) in [5.74, 6) is -1.59. The Morgan fingerprint density at radius 1 is 1.45 bits per heavy atom. The topological polar surface area (TPSA) is 83.7 Å². The van der Waals surface area contributed by atoms with Crippen molar-refractivity contribution in [2.75, 3.05) is 6.54 Å². The van der Waals surface area contributed by atoms with Crippen molar-refractivity contribution in [1.82, 2.24) is 4.90 Å². The quantitative estimate of drug-likeness (QED) is 0.614. The van der Waals surface area contributed by atoms with Crippen molar-refractivity contribution in [2.24, 2.45) is 0 Å². The molecule has 1 rings (SSSR count). The average Bonchev–Trinajstić information content (AvgIpc) is 2.33. The van der Waals surface area contributed by atoms with Gasteiger partial charge in [-0.1, -0.05) is 0 Å². The Balaban J connectivity index is 2.87. The molecule has 0 heterocycles. The molecule has 1 aromatic carbocycles. The van der Waals surface area contributed by atoms with Crippen LogP contribution in [0.1, 0.15) is 25.8 Å². The molecule has 0 saturated carbocycles. The van der Waals surface area contributed by atoms with Gasteiger partial charge in [0.15, 0.2) is 0 Å². The van der Waals surface area contributed by atoms with Crippen LogP contribution in [0.2, 0.25) is 0 Å². The van der Waals surface area contributed by atoms with Gasteiger partial charge < -0.3 is 5.11 Å². The molecule has 0 unspecified atom stereocenters. The first-order valence-electron chi connectivity index (χ1n) is 6.19. The Kier molecular flexibility index (Phi) is 5.57. The largest absolute Gasteiger partial charge is 0.481 e. The predicted octanol–water partition coefficient (Wildman–Crippen LogP) is 2.42. The Labute approximate surface area is 116 Å². The summed E-state index contributed by atoms with van der Waals surface area (Å²) in [4.78, 5) is 22.5. The third-order valence-electron chi connectivity index (χ3n) is 2.88. The zero-order chi connectivity index (χ0) is 15.3. The van der Waals surface area contributed by atoms with Crippen LogP contribution in [0.3, 0.4) is 0 Å². The minimum Gasteiger partial charge on any atom is -0.481 e. The molecule has 0 aliphatic carbocycles. The number of carboxylic acid groups (broad SMARTS) is 1. The van der Waals surface area contributed by atoms with Crippen LogP contribution < -0.4 is 0 Å². The maximum Gasteiger partial charge on any atom is 0.304 e. The van der Waals surface area contributed by atoms with Gasteiger partial charge >= 0.3 is 5.97 Å². The molecule has 1 N–H and O–H groups in total. The minimum absolute atomic E-state index is 0.0322. The molecule has 0 bridgehead atoms. The van der Waals surface area contributed by atoms with Crippen molar-refractivity contribution in [3.63, 3.8) is 0 Å². The molecule has 0 radical (unpaired) electrons. The number of non-ortho nitro benzene ring substituents is 1. The fourth-order valence-corrected chi connectivity index (χ4v) is 1.82. The highest BCUT2D eigenvalue weighted by atomic mass is 19.1. The van der Waals surface area contributed by atoms with Crippen molar-refractivity contribution < 1.29 is 19.2 Å². The van der Waals surface area contributed by atoms with Crippen LogP contribution in [0.5, 0.6) is 0 Å². The number of carbonyl (C=O) groups is 1. The SMILES string of the molecule is CC(C)N(CCC(=O)O)Cc1cc(F)cc([N+](=O)[O-])c1. The number of nitro groups is 1. The Morgan fingerprint density at radius 2 is 2.10 bits per heavy atom. The summed E-state index contributed by atoms with van der Waals surface area (Å²) in [5, 5.41) is 19.4. The first kappa shape index (κ1) is 16.0. The van der Waals surface area contributed by atoms with E-state index in [0.29, 0.717) is 12.1 Å². The van der Waals surface area contributed by atoms with E-state index in [2.05, 4.69) is 0 Å². The molecule has 0 spiro atoms. The summed E-state index contributed by atoms with van der Waals surface area (Å²) in [5.41, 5.74) is 0.151. The average molecular weight is 284 g/mol. The van der Waals surface area contributed by atoms with E-state index in [1.807, 2.05) is 18.7 Å². The zero-order valence-corrected chi connectivity index (χ0v) is 11.4. The number of benzene rings is 1. The van der Waals surface area contributed by atoms with Crippen molar-refractivity contribution in [2.45, 2.75) is 32.9 Å². The normalized spacial score (nSPS) is 11.1. The molecule has 6 nitrogen and oxygen atoms in total. The number of hydrogen-bond acceptors (Lipinski definition) is 4. The number of aliphatic carboxylic acids is 1. The molecule has 1 aromatic rings. The molecular formula is C13H17FN2O4. The number of hydrogen-bond donors (Lipinski definition) is 1. The molecule has 0 fully saturated rings. The van der Waals surface area contributed by atoms with Gasteiger partial charge in [0.1, 0.15) is 5.82 Å². The first-order chi connectivity index (χ1) is 9.29. The van der Waals surface area contributed by atoms with Crippen molar-refractivity contribution in [1.29, 1.82) is 0 Å². The summed E-state index contributed by atoms with van der Waals surface area (Å²) in [6, 6.07) is 3.44. The first-order valence-corrected chi connectivity index (χ1v) is 6.19. The van der Waals surface area contributed by atoms with E-state index in [0.717, 1.165) is 6.07 Å². The van der Waals surface area contributed by atoms with Gasteiger partial charge in [-0.2, -0.15) is 0 Å². The smallest absolute Gasteiger partial charge is 0.304 e. The van der Waals surface area contributed by atoms with Gasteiger partial charge in [-0.15, -0.1) is 0 Å². The fraction of sp³-hybridized carbons (Fsp3) is 0.462. The third kappa shape index (κ3) is 4.93. The molecule has 0 aliphatic rings. The number of carboxylic acids is 1. The van der Waals surface area contributed by atoms with E-state index in [1.54, 1.807) is 0 Å². The summed E-state index contributed by atoms with van der Waals surface area (Å²) in [7, 11) is 0. The van der Waals surface area contributed by atoms with Crippen LogP contribution in [-0.2, 0) is 11.3 Å².